The van der Waals surface area contributed by atoms with Gasteiger partial charge in [-0.3, -0.25) is 14.4 Å². The van der Waals surface area contributed by atoms with E-state index >= 15 is 0 Å². The van der Waals surface area contributed by atoms with Gasteiger partial charge in [0, 0.05) is 5.92 Å². The summed E-state index contributed by atoms with van der Waals surface area (Å²) >= 11 is 0. The van der Waals surface area contributed by atoms with Gasteiger partial charge >= 0.3 is 0 Å². The lowest BCUT2D eigenvalue weighted by atomic mass is 9.99. The van der Waals surface area contributed by atoms with Crippen LogP contribution in [0.3, 0.4) is 0 Å². The molecule has 0 aromatic heterocycles. The molecule has 6 N–H and O–H groups in total. The van der Waals surface area contributed by atoms with Gasteiger partial charge in [-0.15, -0.1) is 0 Å². The zero-order valence-electron chi connectivity index (χ0n) is 14.8. The van der Waals surface area contributed by atoms with Crippen LogP contribution in [0.4, 0.5) is 0 Å². The molecule has 1 aromatic rings. The fourth-order valence-electron chi connectivity index (χ4n) is 2.36. The Labute approximate surface area is 148 Å². The van der Waals surface area contributed by atoms with Crippen molar-refractivity contribution in [1.82, 2.24) is 10.6 Å². The molecule has 0 aliphatic heterocycles. The number of rotatable bonds is 10. The number of amides is 2. The number of ketones is 1. The molecule has 0 radical (unpaired) electrons. The molecule has 0 aliphatic rings. The van der Waals surface area contributed by atoms with Gasteiger partial charge in [-0.05, 0) is 24.9 Å². The van der Waals surface area contributed by atoms with Gasteiger partial charge in [0.25, 0.3) is 0 Å². The van der Waals surface area contributed by atoms with Gasteiger partial charge in [-0.1, -0.05) is 44.2 Å². The molecule has 0 heterocycles. The highest BCUT2D eigenvalue weighted by molar-refractivity contribution is 5.92. The van der Waals surface area contributed by atoms with E-state index in [1.54, 1.807) is 13.8 Å². The van der Waals surface area contributed by atoms with Crippen LogP contribution in [0, 0.1) is 5.92 Å². The Morgan fingerprint density at radius 2 is 1.76 bits per heavy atom. The molecule has 25 heavy (non-hydrogen) atoms. The van der Waals surface area contributed by atoms with Crippen LogP contribution in [0.25, 0.3) is 0 Å². The Morgan fingerprint density at radius 3 is 2.32 bits per heavy atom. The van der Waals surface area contributed by atoms with Crippen LogP contribution in [0.1, 0.15) is 25.8 Å². The van der Waals surface area contributed by atoms with E-state index in [4.69, 9.17) is 11.5 Å². The van der Waals surface area contributed by atoms with Gasteiger partial charge in [0.1, 0.15) is 0 Å². The molecule has 7 heteroatoms. The van der Waals surface area contributed by atoms with Gasteiger partial charge in [-0.2, -0.15) is 0 Å². The van der Waals surface area contributed by atoms with E-state index in [0.717, 1.165) is 5.56 Å². The van der Waals surface area contributed by atoms with Crippen molar-refractivity contribution < 1.29 is 14.4 Å². The minimum atomic E-state index is -0.743. The fraction of sp³-hybridized carbons (Fsp3) is 0.500. The minimum Gasteiger partial charge on any atom is -0.346 e. The maximum atomic E-state index is 12.0. The number of hydrogen-bond acceptors (Lipinski definition) is 5. The predicted octanol–water partition coefficient (Wildman–Crippen LogP) is -0.269. The molecule has 0 fully saturated rings. The lowest BCUT2D eigenvalue weighted by Crippen LogP contribution is -2.50. The number of carbonyl (C=O) groups is 3. The second-order valence-corrected chi connectivity index (χ2v) is 6.27. The van der Waals surface area contributed by atoms with Gasteiger partial charge in [0.05, 0.1) is 18.6 Å². The van der Waals surface area contributed by atoms with Crippen molar-refractivity contribution in [3.05, 3.63) is 35.9 Å². The van der Waals surface area contributed by atoms with Crippen LogP contribution in [0.5, 0.6) is 0 Å². The van der Waals surface area contributed by atoms with Gasteiger partial charge < -0.3 is 22.1 Å². The molecule has 7 nitrogen and oxygen atoms in total. The Hall–Kier alpha value is -2.25. The highest BCUT2D eigenvalue weighted by atomic mass is 16.2. The van der Waals surface area contributed by atoms with Crippen molar-refractivity contribution in [3.8, 4) is 0 Å². The molecule has 138 valence electrons. The number of carbonyl (C=O) groups excluding carboxylic acids is 3. The second kappa shape index (κ2) is 10.6. The molecule has 0 saturated carbocycles. The van der Waals surface area contributed by atoms with Crippen LogP contribution in [0.15, 0.2) is 30.3 Å². The van der Waals surface area contributed by atoms with Crippen molar-refractivity contribution in [2.24, 2.45) is 17.4 Å². The van der Waals surface area contributed by atoms with Crippen LogP contribution in [-0.2, 0) is 20.8 Å². The van der Waals surface area contributed by atoms with Crippen molar-refractivity contribution in [2.45, 2.75) is 38.8 Å². The zero-order chi connectivity index (χ0) is 18.8. The van der Waals surface area contributed by atoms with Crippen molar-refractivity contribution in [1.29, 1.82) is 0 Å². The highest BCUT2D eigenvalue weighted by Crippen LogP contribution is 2.03. The fourth-order valence-corrected chi connectivity index (χ4v) is 2.36. The molecule has 0 saturated heterocycles. The number of nitrogens with two attached hydrogens (primary N) is 2. The van der Waals surface area contributed by atoms with E-state index in [0.29, 0.717) is 12.8 Å². The number of benzene rings is 1. The van der Waals surface area contributed by atoms with Gasteiger partial charge in [0.15, 0.2) is 5.78 Å². The average Bonchev–Trinajstić information content (AvgIpc) is 2.59. The molecular weight excluding hydrogens is 320 g/mol. The normalized spacial score (nSPS) is 13.2. The Morgan fingerprint density at radius 1 is 1.12 bits per heavy atom. The maximum absolute atomic E-state index is 12.0. The third kappa shape index (κ3) is 7.45. The maximum Gasteiger partial charge on any atom is 0.239 e. The Kier molecular flexibility index (Phi) is 8.80. The van der Waals surface area contributed by atoms with Gasteiger partial charge in [0.2, 0.25) is 11.8 Å². The molecule has 0 spiro atoms. The first-order valence-electron chi connectivity index (χ1n) is 8.45. The molecule has 1 rings (SSSR count). The molecule has 2 amide bonds. The summed E-state index contributed by atoms with van der Waals surface area (Å²) in [6.45, 7) is 3.59. The molecule has 0 aliphatic carbocycles. The lowest BCUT2D eigenvalue weighted by molar-refractivity contribution is -0.130. The van der Waals surface area contributed by atoms with E-state index in [2.05, 4.69) is 10.6 Å². The summed E-state index contributed by atoms with van der Waals surface area (Å²) in [6.07, 6.45) is 0.750. The summed E-state index contributed by atoms with van der Waals surface area (Å²) in [4.78, 5) is 36.0. The van der Waals surface area contributed by atoms with Gasteiger partial charge in [-0.25, -0.2) is 0 Å². The third-order valence-corrected chi connectivity index (χ3v) is 3.76. The summed E-state index contributed by atoms with van der Waals surface area (Å²) < 4.78 is 0. The third-order valence-electron chi connectivity index (χ3n) is 3.76. The smallest absolute Gasteiger partial charge is 0.239 e. The number of hydrogen-bond donors (Lipinski definition) is 4. The van der Waals surface area contributed by atoms with Crippen LogP contribution in [0.2, 0.25) is 0 Å². The largest absolute Gasteiger partial charge is 0.346 e. The average molecular weight is 348 g/mol. The topological polar surface area (TPSA) is 127 Å². The first-order chi connectivity index (χ1) is 11.8. The van der Waals surface area contributed by atoms with Crippen LogP contribution >= 0.6 is 0 Å². The lowest BCUT2D eigenvalue weighted by Gasteiger charge is -2.19. The summed E-state index contributed by atoms with van der Waals surface area (Å²) in [5.41, 5.74) is 12.3. The van der Waals surface area contributed by atoms with Crippen molar-refractivity contribution >= 4 is 17.6 Å². The van der Waals surface area contributed by atoms with Crippen LogP contribution in [-0.4, -0.2) is 42.8 Å². The van der Waals surface area contributed by atoms with E-state index in [-0.39, 0.29) is 24.8 Å². The standard InChI is InChI=1S/C18H28N4O3/c1-12(2)17(24)15(8-9-19)22-16(23)11-21-18(25)14(20)10-13-6-4-3-5-7-13/h3-7,12,14-15H,8-11,19-20H2,1-2H3,(H,21,25)(H,22,23). The Bertz CT molecular complexity index is 575. The van der Waals surface area contributed by atoms with Crippen LogP contribution < -0.4 is 22.1 Å². The van der Waals surface area contributed by atoms with E-state index < -0.39 is 23.9 Å². The van der Waals surface area contributed by atoms with Crippen molar-refractivity contribution in [3.63, 3.8) is 0 Å². The monoisotopic (exact) mass is 348 g/mol. The highest BCUT2D eigenvalue weighted by Gasteiger charge is 2.23. The first kappa shape index (κ1) is 20.8. The SMILES string of the molecule is CC(C)C(=O)C(CCN)NC(=O)CNC(=O)C(N)Cc1ccccc1. The molecule has 2 unspecified atom stereocenters. The molecule has 0 bridgehead atoms. The number of Topliss-reactive ketones (excluding diaryl/α,β-unsaturated/α-hetero) is 1. The summed E-state index contributed by atoms with van der Waals surface area (Å²) in [5.74, 6) is -1.13. The molecule has 1 aromatic carbocycles. The summed E-state index contributed by atoms with van der Waals surface area (Å²) in [7, 11) is 0. The van der Waals surface area contributed by atoms with Crippen molar-refractivity contribution in [2.75, 3.05) is 13.1 Å². The minimum absolute atomic E-state index is 0.0779. The van der Waals surface area contributed by atoms with E-state index in [1.165, 1.54) is 0 Å². The predicted molar refractivity (Wildman–Crippen MR) is 96.6 cm³/mol. The molecule has 2 atom stereocenters. The summed E-state index contributed by atoms with van der Waals surface area (Å²) in [6, 6.07) is 8.02. The second-order valence-electron chi connectivity index (χ2n) is 6.27. The Balaban J connectivity index is 2.45. The van der Waals surface area contributed by atoms with E-state index in [9.17, 15) is 14.4 Å². The first-order valence-corrected chi connectivity index (χ1v) is 8.45. The summed E-state index contributed by atoms with van der Waals surface area (Å²) in [5, 5.41) is 5.12. The zero-order valence-corrected chi connectivity index (χ0v) is 14.8. The number of nitrogens with one attached hydrogen (secondary N) is 2. The quantitative estimate of drug-likeness (QED) is 0.463. The molecular formula is C18H28N4O3. The van der Waals surface area contributed by atoms with E-state index in [1.807, 2.05) is 30.3 Å².